The van der Waals surface area contributed by atoms with Gasteiger partial charge in [0.15, 0.2) is 0 Å². The molecule has 7 nitrogen and oxygen atoms in total. The zero-order valence-electron chi connectivity index (χ0n) is 18.6. The Hall–Kier alpha value is -2.23. The second kappa shape index (κ2) is 9.95. The first kappa shape index (κ1) is 23.9. The van der Waals surface area contributed by atoms with E-state index < -0.39 is 10.0 Å². The molecule has 2 aromatic rings. The Balaban J connectivity index is 1.41. The number of piperidine rings is 1. The van der Waals surface area contributed by atoms with Gasteiger partial charge in [0.1, 0.15) is 4.90 Å². The third-order valence-electron chi connectivity index (χ3n) is 6.37. The molecule has 2 amide bonds. The fourth-order valence-corrected chi connectivity index (χ4v) is 6.99. The van der Waals surface area contributed by atoms with Crippen LogP contribution in [0.2, 0.25) is 0 Å². The lowest BCUT2D eigenvalue weighted by Crippen LogP contribution is -2.43. The second-order valence-corrected chi connectivity index (χ2v) is 11.4. The van der Waals surface area contributed by atoms with Gasteiger partial charge in [-0.05, 0) is 48.9 Å². The summed E-state index contributed by atoms with van der Waals surface area (Å²) in [5.74, 6) is -0.387. The lowest BCUT2D eigenvalue weighted by atomic mass is 9.97. The van der Waals surface area contributed by atoms with E-state index in [2.05, 4.69) is 21.2 Å². The van der Waals surface area contributed by atoms with Crippen LogP contribution in [0.3, 0.4) is 0 Å². The maximum atomic E-state index is 13.5. The third-order valence-corrected chi connectivity index (χ3v) is 8.74. The van der Waals surface area contributed by atoms with Gasteiger partial charge >= 0.3 is 0 Å². The molecule has 0 aliphatic carbocycles. The molecule has 2 aliphatic heterocycles. The Labute approximate surface area is 203 Å². The first-order valence-corrected chi connectivity index (χ1v) is 13.4. The summed E-state index contributed by atoms with van der Waals surface area (Å²) in [5.41, 5.74) is 2.51. The van der Waals surface area contributed by atoms with Crippen LogP contribution in [0.15, 0.2) is 51.8 Å². The number of hydrogen-bond donors (Lipinski definition) is 1. The number of anilines is 1. The van der Waals surface area contributed by atoms with Crippen molar-refractivity contribution in [3.8, 4) is 0 Å². The van der Waals surface area contributed by atoms with Crippen LogP contribution in [0.25, 0.3) is 0 Å². The normalized spacial score (nSPS) is 17.1. The largest absolute Gasteiger partial charge is 0.356 e. The average Bonchev–Trinajstić information content (AvgIpc) is 3.23. The number of hydrogen-bond acceptors (Lipinski definition) is 4. The average molecular weight is 534 g/mol. The number of nitrogens with one attached hydrogen (secondary N) is 1. The van der Waals surface area contributed by atoms with Gasteiger partial charge in [0.05, 0.1) is 5.69 Å². The van der Waals surface area contributed by atoms with Crippen molar-refractivity contribution in [2.24, 2.45) is 5.92 Å². The molecule has 9 heteroatoms. The molecule has 1 saturated heterocycles. The predicted molar refractivity (Wildman–Crippen MR) is 131 cm³/mol. The van der Waals surface area contributed by atoms with E-state index in [1.807, 2.05) is 36.4 Å². The summed E-state index contributed by atoms with van der Waals surface area (Å²) in [5, 5.41) is 2.99. The van der Waals surface area contributed by atoms with Crippen molar-refractivity contribution in [3.05, 3.63) is 58.1 Å². The zero-order valence-corrected chi connectivity index (χ0v) is 21.0. The Bertz CT molecular complexity index is 1150. The van der Waals surface area contributed by atoms with Crippen molar-refractivity contribution in [1.82, 2.24) is 9.62 Å². The zero-order chi connectivity index (χ0) is 23.6. The molecule has 33 heavy (non-hydrogen) atoms. The minimum atomic E-state index is -3.80. The van der Waals surface area contributed by atoms with Crippen LogP contribution in [-0.2, 0) is 32.5 Å². The number of amides is 2. The minimum absolute atomic E-state index is 0.0194. The number of carbonyl (C=O) groups excluding carboxylic acids is 2. The Morgan fingerprint density at radius 3 is 2.45 bits per heavy atom. The SMILES string of the molecule is CC(=O)N1CCc2cc(Br)cc(S(=O)(=O)N3CCC(C(=O)NCCc4ccccc4)CC3)c21. The van der Waals surface area contributed by atoms with Crippen molar-refractivity contribution in [2.45, 2.75) is 37.5 Å². The molecule has 0 radical (unpaired) electrons. The number of rotatable bonds is 6. The van der Waals surface area contributed by atoms with E-state index in [4.69, 9.17) is 0 Å². The summed E-state index contributed by atoms with van der Waals surface area (Å²) in [6.07, 6.45) is 2.34. The number of nitrogens with zero attached hydrogens (tertiary/aromatic N) is 2. The van der Waals surface area contributed by atoms with Gasteiger partial charge in [-0.3, -0.25) is 9.59 Å². The molecule has 2 aromatic carbocycles. The number of halogens is 1. The first-order chi connectivity index (χ1) is 15.8. The van der Waals surface area contributed by atoms with Crippen LogP contribution < -0.4 is 10.2 Å². The smallest absolute Gasteiger partial charge is 0.245 e. The first-order valence-electron chi connectivity index (χ1n) is 11.2. The van der Waals surface area contributed by atoms with Crippen molar-refractivity contribution >= 4 is 43.5 Å². The number of sulfonamides is 1. The maximum absolute atomic E-state index is 13.5. The van der Waals surface area contributed by atoms with Crippen molar-refractivity contribution in [1.29, 1.82) is 0 Å². The summed E-state index contributed by atoms with van der Waals surface area (Å²) in [7, 11) is -3.80. The highest BCUT2D eigenvalue weighted by atomic mass is 79.9. The summed E-state index contributed by atoms with van der Waals surface area (Å²) >= 11 is 3.42. The molecule has 176 valence electrons. The molecule has 0 aromatic heterocycles. The van der Waals surface area contributed by atoms with Gasteiger partial charge in [-0.2, -0.15) is 4.31 Å². The highest BCUT2D eigenvalue weighted by Gasteiger charge is 2.37. The molecule has 2 aliphatic rings. The molecular weight excluding hydrogens is 506 g/mol. The van der Waals surface area contributed by atoms with E-state index in [1.165, 1.54) is 16.8 Å². The molecule has 0 spiro atoms. The van der Waals surface area contributed by atoms with Gasteiger partial charge in [0, 0.05) is 43.5 Å². The molecular formula is C24H28BrN3O4S. The van der Waals surface area contributed by atoms with Crippen molar-refractivity contribution < 1.29 is 18.0 Å². The molecule has 1 N–H and O–H groups in total. The topological polar surface area (TPSA) is 86.8 Å². The van der Waals surface area contributed by atoms with E-state index in [1.54, 1.807) is 11.0 Å². The lowest BCUT2D eigenvalue weighted by molar-refractivity contribution is -0.126. The Morgan fingerprint density at radius 1 is 1.09 bits per heavy atom. The molecule has 2 heterocycles. The van der Waals surface area contributed by atoms with Crippen LogP contribution in [0.1, 0.15) is 30.9 Å². The third kappa shape index (κ3) is 5.15. The van der Waals surface area contributed by atoms with Crippen LogP contribution in [0, 0.1) is 5.92 Å². The monoisotopic (exact) mass is 533 g/mol. The van der Waals surface area contributed by atoms with E-state index in [0.29, 0.717) is 42.5 Å². The lowest BCUT2D eigenvalue weighted by Gasteiger charge is -2.31. The summed E-state index contributed by atoms with van der Waals surface area (Å²) in [6.45, 7) is 3.05. The molecule has 4 rings (SSSR count). The Morgan fingerprint density at radius 2 is 1.79 bits per heavy atom. The van der Waals surface area contributed by atoms with Gasteiger partial charge in [0.25, 0.3) is 0 Å². The maximum Gasteiger partial charge on any atom is 0.245 e. The summed E-state index contributed by atoms with van der Waals surface area (Å²) in [6, 6.07) is 13.4. The Kier molecular flexibility index (Phi) is 7.21. The van der Waals surface area contributed by atoms with Crippen LogP contribution in [0.4, 0.5) is 5.69 Å². The molecule has 0 saturated carbocycles. The van der Waals surface area contributed by atoms with Crippen LogP contribution >= 0.6 is 15.9 Å². The standard InChI is InChI=1S/C24H28BrN3O4S/c1-17(29)28-14-10-20-15-21(25)16-22(23(20)28)33(31,32)27-12-8-19(9-13-27)24(30)26-11-7-18-5-3-2-4-6-18/h2-6,15-16,19H,7-14H2,1H3,(H,26,30). The van der Waals surface area contributed by atoms with E-state index >= 15 is 0 Å². The van der Waals surface area contributed by atoms with Gasteiger partial charge in [-0.25, -0.2) is 8.42 Å². The summed E-state index contributed by atoms with van der Waals surface area (Å²) < 4.78 is 29.2. The molecule has 0 bridgehead atoms. The van der Waals surface area contributed by atoms with Crippen molar-refractivity contribution in [3.63, 3.8) is 0 Å². The fourth-order valence-electron chi connectivity index (χ4n) is 4.60. The van der Waals surface area contributed by atoms with Gasteiger partial charge < -0.3 is 10.2 Å². The highest BCUT2D eigenvalue weighted by Crippen LogP contribution is 2.39. The van der Waals surface area contributed by atoms with E-state index in [0.717, 1.165) is 12.0 Å². The molecule has 0 unspecified atom stereocenters. The predicted octanol–water partition coefficient (Wildman–Crippen LogP) is 3.12. The van der Waals surface area contributed by atoms with Gasteiger partial charge in [0.2, 0.25) is 21.8 Å². The van der Waals surface area contributed by atoms with E-state index in [9.17, 15) is 18.0 Å². The second-order valence-electron chi connectivity index (χ2n) is 8.54. The van der Waals surface area contributed by atoms with Crippen LogP contribution in [0.5, 0.6) is 0 Å². The minimum Gasteiger partial charge on any atom is -0.356 e. The quantitative estimate of drug-likeness (QED) is 0.617. The number of benzene rings is 2. The van der Waals surface area contributed by atoms with Crippen LogP contribution in [-0.4, -0.2) is 50.7 Å². The molecule has 0 atom stereocenters. The fraction of sp³-hybridized carbons (Fsp3) is 0.417. The summed E-state index contributed by atoms with van der Waals surface area (Å²) in [4.78, 5) is 26.4. The number of fused-ring (bicyclic) bond motifs is 1. The van der Waals surface area contributed by atoms with Gasteiger partial charge in [-0.15, -0.1) is 0 Å². The molecule has 1 fully saturated rings. The van der Waals surface area contributed by atoms with E-state index in [-0.39, 0.29) is 35.7 Å². The highest BCUT2D eigenvalue weighted by molar-refractivity contribution is 9.10. The van der Waals surface area contributed by atoms with Crippen molar-refractivity contribution in [2.75, 3.05) is 31.1 Å². The van der Waals surface area contributed by atoms with Gasteiger partial charge in [-0.1, -0.05) is 46.3 Å². The number of carbonyl (C=O) groups is 2.